The fourth-order valence-corrected chi connectivity index (χ4v) is 1.45. The average Bonchev–Trinajstić information content (AvgIpc) is 1.84. The van der Waals surface area contributed by atoms with Gasteiger partial charge < -0.3 is 10.0 Å². The highest BCUT2D eigenvalue weighted by atomic mass is 16.4. The minimum atomic E-state index is -0.667. The normalized spacial score (nSPS) is 19.7. The summed E-state index contributed by atoms with van der Waals surface area (Å²) in [6.45, 7) is 5.44. The number of aliphatic carboxylic acids is 1. The number of nitrogens with zero attached hydrogens (tertiary/aromatic N) is 1. The summed E-state index contributed by atoms with van der Waals surface area (Å²) < 4.78 is 0. The Labute approximate surface area is 67.0 Å². The highest BCUT2D eigenvalue weighted by Gasteiger charge is 2.24. The van der Waals surface area contributed by atoms with Crippen molar-refractivity contribution < 1.29 is 9.90 Å². The van der Waals surface area contributed by atoms with Crippen LogP contribution in [0.3, 0.4) is 0 Å². The molecular weight excluding hydrogens is 142 g/mol. The number of rotatable bonds is 4. The predicted molar refractivity (Wildman–Crippen MR) is 42.5 cm³/mol. The van der Waals surface area contributed by atoms with Gasteiger partial charge in [-0.25, -0.2) is 0 Å². The lowest BCUT2D eigenvalue weighted by molar-refractivity contribution is -0.137. The lowest BCUT2D eigenvalue weighted by atomic mass is 9.95. The third-order valence-electron chi connectivity index (χ3n) is 2.25. The van der Waals surface area contributed by atoms with Gasteiger partial charge in [0.05, 0.1) is 0 Å². The summed E-state index contributed by atoms with van der Waals surface area (Å²) in [6, 6.07) is 0. The molecule has 0 atom stereocenters. The van der Waals surface area contributed by atoms with E-state index in [1.54, 1.807) is 0 Å². The molecule has 0 aromatic heterocycles. The van der Waals surface area contributed by atoms with Crippen molar-refractivity contribution in [2.45, 2.75) is 19.8 Å². The van der Waals surface area contributed by atoms with Crippen molar-refractivity contribution in [1.82, 2.24) is 4.90 Å². The minimum absolute atomic E-state index is 0.336. The monoisotopic (exact) mass is 157 g/mol. The van der Waals surface area contributed by atoms with Gasteiger partial charge in [0, 0.05) is 19.5 Å². The van der Waals surface area contributed by atoms with Crippen LogP contribution in [0.15, 0.2) is 0 Å². The second-order valence-corrected chi connectivity index (χ2v) is 3.15. The first-order valence-electron chi connectivity index (χ1n) is 4.16. The molecule has 0 spiro atoms. The van der Waals surface area contributed by atoms with Crippen LogP contribution in [-0.2, 0) is 4.79 Å². The van der Waals surface area contributed by atoms with E-state index in [0.717, 1.165) is 26.1 Å². The fourth-order valence-electron chi connectivity index (χ4n) is 1.45. The van der Waals surface area contributed by atoms with Crippen LogP contribution in [0.1, 0.15) is 19.8 Å². The number of likely N-dealkylation sites (tertiary alicyclic amines) is 1. The first-order valence-corrected chi connectivity index (χ1v) is 4.16. The lowest BCUT2D eigenvalue weighted by Crippen LogP contribution is -2.46. The molecule has 1 aliphatic rings. The van der Waals surface area contributed by atoms with Crippen molar-refractivity contribution in [3.63, 3.8) is 0 Å². The largest absolute Gasteiger partial charge is 0.481 e. The number of hydrogen-bond donors (Lipinski definition) is 1. The Morgan fingerprint density at radius 2 is 2.27 bits per heavy atom. The van der Waals surface area contributed by atoms with E-state index >= 15 is 0 Å². The van der Waals surface area contributed by atoms with Crippen LogP contribution in [0.5, 0.6) is 0 Å². The van der Waals surface area contributed by atoms with Crippen LogP contribution in [0.25, 0.3) is 0 Å². The molecule has 1 rings (SSSR count). The van der Waals surface area contributed by atoms with Crippen molar-refractivity contribution in [1.29, 1.82) is 0 Å². The lowest BCUT2D eigenvalue weighted by Gasteiger charge is -2.38. The van der Waals surface area contributed by atoms with Crippen LogP contribution in [0, 0.1) is 5.92 Å². The van der Waals surface area contributed by atoms with Gasteiger partial charge in [-0.05, 0) is 18.9 Å². The van der Waals surface area contributed by atoms with Gasteiger partial charge in [-0.15, -0.1) is 0 Å². The summed E-state index contributed by atoms with van der Waals surface area (Å²) in [5.41, 5.74) is 0. The van der Waals surface area contributed by atoms with E-state index in [0.29, 0.717) is 12.3 Å². The SMILES string of the molecule is CCN1CC(CCC(=O)O)C1. The zero-order valence-electron chi connectivity index (χ0n) is 6.92. The summed E-state index contributed by atoms with van der Waals surface area (Å²) in [5.74, 6) is -0.0222. The molecule has 3 nitrogen and oxygen atoms in total. The van der Waals surface area contributed by atoms with Crippen LogP contribution >= 0.6 is 0 Å². The Morgan fingerprint density at radius 3 is 2.73 bits per heavy atom. The smallest absolute Gasteiger partial charge is 0.303 e. The highest BCUT2D eigenvalue weighted by Crippen LogP contribution is 2.19. The molecule has 1 fully saturated rings. The van der Waals surface area contributed by atoms with E-state index in [1.807, 2.05) is 0 Å². The van der Waals surface area contributed by atoms with Gasteiger partial charge in [-0.3, -0.25) is 4.79 Å². The zero-order chi connectivity index (χ0) is 8.27. The molecule has 0 aromatic rings. The van der Waals surface area contributed by atoms with Crippen LogP contribution in [-0.4, -0.2) is 35.6 Å². The van der Waals surface area contributed by atoms with E-state index < -0.39 is 5.97 Å². The first-order chi connectivity index (χ1) is 5.22. The summed E-state index contributed by atoms with van der Waals surface area (Å²) >= 11 is 0. The molecule has 1 saturated heterocycles. The Hall–Kier alpha value is -0.570. The zero-order valence-corrected chi connectivity index (χ0v) is 6.92. The number of carboxylic acid groups (broad SMARTS) is 1. The third-order valence-corrected chi connectivity index (χ3v) is 2.25. The molecule has 0 bridgehead atoms. The van der Waals surface area contributed by atoms with E-state index in [2.05, 4.69) is 11.8 Å². The summed E-state index contributed by atoms with van der Waals surface area (Å²) in [7, 11) is 0. The Balaban J connectivity index is 2.00. The van der Waals surface area contributed by atoms with Crippen LogP contribution < -0.4 is 0 Å². The standard InChI is InChI=1S/C8H15NO2/c1-2-9-5-7(6-9)3-4-8(10)11/h7H,2-6H2,1H3,(H,10,11). The summed E-state index contributed by atoms with van der Waals surface area (Å²) in [5, 5.41) is 8.39. The first kappa shape index (κ1) is 8.53. The topological polar surface area (TPSA) is 40.5 Å². The minimum Gasteiger partial charge on any atom is -0.481 e. The van der Waals surface area contributed by atoms with Crippen molar-refractivity contribution in [2.24, 2.45) is 5.92 Å². The number of hydrogen-bond acceptors (Lipinski definition) is 2. The molecule has 1 N–H and O–H groups in total. The van der Waals surface area contributed by atoms with Crippen molar-refractivity contribution in [3.05, 3.63) is 0 Å². The predicted octanol–water partition coefficient (Wildman–Crippen LogP) is 0.803. The maximum Gasteiger partial charge on any atom is 0.303 e. The Kier molecular flexibility index (Phi) is 2.88. The van der Waals surface area contributed by atoms with Gasteiger partial charge in [-0.2, -0.15) is 0 Å². The molecule has 11 heavy (non-hydrogen) atoms. The Bertz CT molecular complexity index is 141. The molecule has 0 aromatic carbocycles. The van der Waals surface area contributed by atoms with Gasteiger partial charge in [0.15, 0.2) is 0 Å². The van der Waals surface area contributed by atoms with Crippen molar-refractivity contribution in [2.75, 3.05) is 19.6 Å². The van der Waals surface area contributed by atoms with E-state index in [4.69, 9.17) is 5.11 Å². The molecule has 0 aliphatic carbocycles. The number of carboxylic acids is 1. The highest BCUT2D eigenvalue weighted by molar-refractivity contribution is 5.66. The fraction of sp³-hybridized carbons (Fsp3) is 0.875. The molecular formula is C8H15NO2. The van der Waals surface area contributed by atoms with E-state index in [1.165, 1.54) is 0 Å². The van der Waals surface area contributed by atoms with Gasteiger partial charge in [0.2, 0.25) is 0 Å². The molecule has 0 radical (unpaired) electrons. The van der Waals surface area contributed by atoms with Crippen molar-refractivity contribution in [3.8, 4) is 0 Å². The van der Waals surface area contributed by atoms with Gasteiger partial charge in [0.1, 0.15) is 0 Å². The molecule has 64 valence electrons. The van der Waals surface area contributed by atoms with E-state index in [-0.39, 0.29) is 0 Å². The molecule has 0 amide bonds. The average molecular weight is 157 g/mol. The molecule has 1 aliphatic heterocycles. The maximum atomic E-state index is 10.2. The van der Waals surface area contributed by atoms with Gasteiger partial charge >= 0.3 is 5.97 Å². The quantitative estimate of drug-likeness (QED) is 0.656. The summed E-state index contributed by atoms with van der Waals surface area (Å²) in [4.78, 5) is 12.5. The third kappa shape index (κ3) is 2.50. The number of carbonyl (C=O) groups is 1. The maximum absolute atomic E-state index is 10.2. The van der Waals surface area contributed by atoms with E-state index in [9.17, 15) is 4.79 Å². The van der Waals surface area contributed by atoms with Crippen LogP contribution in [0.4, 0.5) is 0 Å². The van der Waals surface area contributed by atoms with Gasteiger partial charge in [0.25, 0.3) is 0 Å². The Morgan fingerprint density at radius 1 is 1.64 bits per heavy atom. The summed E-state index contributed by atoms with van der Waals surface area (Å²) in [6.07, 6.45) is 1.19. The second kappa shape index (κ2) is 3.72. The van der Waals surface area contributed by atoms with Crippen molar-refractivity contribution >= 4 is 5.97 Å². The second-order valence-electron chi connectivity index (χ2n) is 3.15. The molecule has 1 heterocycles. The molecule has 0 unspecified atom stereocenters. The molecule has 0 saturated carbocycles. The van der Waals surface area contributed by atoms with Crippen LogP contribution in [0.2, 0.25) is 0 Å². The molecule has 3 heteroatoms. The van der Waals surface area contributed by atoms with Gasteiger partial charge in [-0.1, -0.05) is 6.92 Å².